The molecule has 0 saturated carbocycles. The Morgan fingerprint density at radius 3 is 2.69 bits per heavy atom. The van der Waals surface area contributed by atoms with Crippen LogP contribution in [-0.4, -0.2) is 22.6 Å². The van der Waals surface area contributed by atoms with Crippen LogP contribution in [0.2, 0.25) is 0 Å². The van der Waals surface area contributed by atoms with Crippen LogP contribution in [-0.2, 0) is 6.54 Å². The number of hydrogen-bond acceptors (Lipinski definition) is 4. The fraction of sp³-hybridized carbons (Fsp3) is 0.667. The first-order valence-corrected chi connectivity index (χ1v) is 5.94. The lowest BCUT2D eigenvalue weighted by molar-refractivity contribution is 0.207. The number of rotatable bonds is 7. The quantitative estimate of drug-likeness (QED) is 0.719. The summed E-state index contributed by atoms with van der Waals surface area (Å²) in [5, 5.41) is 3.28. The molecule has 16 heavy (non-hydrogen) atoms. The van der Waals surface area contributed by atoms with Crippen molar-refractivity contribution >= 4 is 0 Å². The van der Waals surface area contributed by atoms with Crippen LogP contribution < -0.4 is 10.1 Å². The van der Waals surface area contributed by atoms with Gasteiger partial charge >= 0.3 is 0 Å². The molecule has 0 amide bonds. The summed E-state index contributed by atoms with van der Waals surface area (Å²) < 4.78 is 5.55. The van der Waals surface area contributed by atoms with E-state index < -0.39 is 0 Å². The molecule has 0 aliphatic heterocycles. The zero-order chi connectivity index (χ0) is 11.8. The Morgan fingerprint density at radius 1 is 1.31 bits per heavy atom. The molecule has 4 nitrogen and oxygen atoms in total. The van der Waals surface area contributed by atoms with Gasteiger partial charge in [-0.1, -0.05) is 13.8 Å². The third-order valence-electron chi connectivity index (χ3n) is 2.31. The molecule has 1 N–H and O–H groups in total. The highest BCUT2D eigenvalue weighted by atomic mass is 16.5. The molecule has 0 aliphatic carbocycles. The first kappa shape index (κ1) is 12.9. The van der Waals surface area contributed by atoms with E-state index in [1.807, 2.05) is 6.92 Å². The number of hydrogen-bond donors (Lipinski definition) is 1. The highest BCUT2D eigenvalue weighted by Gasteiger charge is 2.02. The third-order valence-corrected chi connectivity index (χ3v) is 2.31. The van der Waals surface area contributed by atoms with Gasteiger partial charge in [0.25, 0.3) is 0 Å². The van der Waals surface area contributed by atoms with Crippen molar-refractivity contribution in [2.24, 2.45) is 0 Å². The molecule has 1 atom stereocenters. The molecule has 1 rings (SSSR count). The van der Waals surface area contributed by atoms with Crippen molar-refractivity contribution in [3.8, 4) is 5.88 Å². The van der Waals surface area contributed by atoms with Gasteiger partial charge in [-0.05, 0) is 26.3 Å². The fourth-order valence-corrected chi connectivity index (χ4v) is 1.18. The summed E-state index contributed by atoms with van der Waals surface area (Å²) in [6, 6.07) is 0. The van der Waals surface area contributed by atoms with Gasteiger partial charge in [0.05, 0.1) is 24.2 Å². The molecule has 90 valence electrons. The van der Waals surface area contributed by atoms with Gasteiger partial charge in [0, 0.05) is 6.54 Å². The molecule has 1 aromatic heterocycles. The summed E-state index contributed by atoms with van der Waals surface area (Å²) >= 11 is 0. The van der Waals surface area contributed by atoms with Crippen molar-refractivity contribution < 1.29 is 4.74 Å². The van der Waals surface area contributed by atoms with E-state index in [1.54, 1.807) is 12.4 Å². The van der Waals surface area contributed by atoms with Gasteiger partial charge < -0.3 is 10.1 Å². The molecular weight excluding hydrogens is 202 g/mol. The van der Waals surface area contributed by atoms with E-state index in [2.05, 4.69) is 29.1 Å². The zero-order valence-electron chi connectivity index (χ0n) is 10.4. The van der Waals surface area contributed by atoms with Crippen molar-refractivity contribution in [2.75, 3.05) is 6.54 Å². The Kier molecular flexibility index (Phi) is 5.78. The Balaban J connectivity index is 2.41. The summed E-state index contributed by atoms with van der Waals surface area (Å²) in [5.74, 6) is 0.605. The third kappa shape index (κ3) is 4.57. The number of nitrogens with one attached hydrogen (secondary N) is 1. The van der Waals surface area contributed by atoms with Crippen molar-refractivity contribution in [1.29, 1.82) is 0 Å². The Morgan fingerprint density at radius 2 is 2.12 bits per heavy atom. The van der Waals surface area contributed by atoms with Crippen molar-refractivity contribution in [2.45, 2.75) is 46.3 Å². The minimum Gasteiger partial charge on any atom is -0.474 e. The van der Waals surface area contributed by atoms with Gasteiger partial charge in [-0.2, -0.15) is 0 Å². The molecule has 0 spiro atoms. The predicted molar refractivity (Wildman–Crippen MR) is 64.4 cm³/mol. The van der Waals surface area contributed by atoms with E-state index >= 15 is 0 Å². The van der Waals surface area contributed by atoms with Crippen LogP contribution in [0.5, 0.6) is 5.88 Å². The molecule has 0 bridgehead atoms. The predicted octanol–water partition coefficient (Wildman–Crippen LogP) is 2.15. The Hall–Kier alpha value is -1.16. The van der Waals surface area contributed by atoms with Crippen LogP contribution >= 0.6 is 0 Å². The Bertz CT molecular complexity index is 287. The van der Waals surface area contributed by atoms with Crippen LogP contribution in [0.4, 0.5) is 0 Å². The summed E-state index contributed by atoms with van der Waals surface area (Å²) in [4.78, 5) is 8.51. The molecular formula is C12H21N3O. The lowest BCUT2D eigenvalue weighted by atomic mass is 10.3. The maximum absolute atomic E-state index is 5.55. The van der Waals surface area contributed by atoms with Gasteiger partial charge in [0.1, 0.15) is 0 Å². The second kappa shape index (κ2) is 7.17. The van der Waals surface area contributed by atoms with Crippen molar-refractivity contribution in [3.63, 3.8) is 0 Å². The first-order valence-electron chi connectivity index (χ1n) is 5.94. The molecule has 1 aromatic rings. The van der Waals surface area contributed by atoms with E-state index in [0.717, 1.165) is 31.6 Å². The highest BCUT2D eigenvalue weighted by Crippen LogP contribution is 2.08. The minimum absolute atomic E-state index is 0.193. The second-order valence-electron chi connectivity index (χ2n) is 3.86. The topological polar surface area (TPSA) is 47.0 Å². The summed E-state index contributed by atoms with van der Waals surface area (Å²) in [6.45, 7) is 8.03. The molecule has 0 fully saturated rings. The summed E-state index contributed by atoms with van der Waals surface area (Å²) in [5.41, 5.74) is 0.949. The standard InChI is InChI=1S/C12H21N3O/c1-4-6-13-7-11-8-15-12(9-14-11)16-10(3)5-2/h8-10,13H,4-7H2,1-3H3. The zero-order valence-corrected chi connectivity index (χ0v) is 10.4. The van der Waals surface area contributed by atoms with E-state index in [1.165, 1.54) is 0 Å². The monoisotopic (exact) mass is 223 g/mol. The summed E-state index contributed by atoms with van der Waals surface area (Å²) in [6.07, 6.45) is 5.75. The molecule has 1 heterocycles. The van der Waals surface area contributed by atoms with Crippen LogP contribution in [0.3, 0.4) is 0 Å². The average molecular weight is 223 g/mol. The minimum atomic E-state index is 0.193. The number of nitrogens with zero attached hydrogens (tertiary/aromatic N) is 2. The van der Waals surface area contributed by atoms with Gasteiger partial charge in [-0.3, -0.25) is 4.98 Å². The lowest BCUT2D eigenvalue weighted by Gasteiger charge is -2.11. The van der Waals surface area contributed by atoms with Gasteiger partial charge in [0.2, 0.25) is 5.88 Å². The van der Waals surface area contributed by atoms with Crippen LogP contribution in [0, 0.1) is 0 Å². The van der Waals surface area contributed by atoms with E-state index in [-0.39, 0.29) is 6.10 Å². The van der Waals surface area contributed by atoms with Crippen molar-refractivity contribution in [3.05, 3.63) is 18.1 Å². The average Bonchev–Trinajstić information content (AvgIpc) is 2.31. The van der Waals surface area contributed by atoms with E-state index in [9.17, 15) is 0 Å². The van der Waals surface area contributed by atoms with Crippen LogP contribution in [0.1, 0.15) is 39.3 Å². The number of aromatic nitrogens is 2. The lowest BCUT2D eigenvalue weighted by Crippen LogP contribution is -2.15. The van der Waals surface area contributed by atoms with Crippen molar-refractivity contribution in [1.82, 2.24) is 15.3 Å². The van der Waals surface area contributed by atoms with Crippen LogP contribution in [0.15, 0.2) is 12.4 Å². The number of ether oxygens (including phenoxy) is 1. The van der Waals surface area contributed by atoms with Crippen LogP contribution in [0.25, 0.3) is 0 Å². The molecule has 4 heteroatoms. The fourth-order valence-electron chi connectivity index (χ4n) is 1.18. The normalized spacial score (nSPS) is 12.4. The second-order valence-corrected chi connectivity index (χ2v) is 3.86. The SMILES string of the molecule is CCCNCc1cnc(OC(C)CC)cn1. The maximum Gasteiger partial charge on any atom is 0.232 e. The van der Waals surface area contributed by atoms with Gasteiger partial charge in [-0.15, -0.1) is 0 Å². The molecule has 1 unspecified atom stereocenters. The van der Waals surface area contributed by atoms with Gasteiger partial charge in [-0.25, -0.2) is 4.98 Å². The Labute approximate surface area is 97.5 Å². The molecule has 0 radical (unpaired) electrons. The molecule has 0 aromatic carbocycles. The molecule has 0 saturated heterocycles. The van der Waals surface area contributed by atoms with E-state index in [4.69, 9.17) is 4.74 Å². The van der Waals surface area contributed by atoms with E-state index in [0.29, 0.717) is 5.88 Å². The first-order chi connectivity index (χ1) is 7.76. The summed E-state index contributed by atoms with van der Waals surface area (Å²) in [7, 11) is 0. The maximum atomic E-state index is 5.55. The smallest absolute Gasteiger partial charge is 0.232 e. The largest absolute Gasteiger partial charge is 0.474 e. The highest BCUT2D eigenvalue weighted by molar-refractivity contribution is 5.07. The van der Waals surface area contributed by atoms with Gasteiger partial charge in [0.15, 0.2) is 0 Å². The molecule has 0 aliphatic rings.